The van der Waals surface area contributed by atoms with E-state index in [9.17, 15) is 25.0 Å². The Morgan fingerprint density at radius 2 is 2.13 bits per heavy atom. The molecule has 0 aromatic heterocycles. The lowest BCUT2D eigenvalue weighted by Crippen LogP contribution is -2.28. The van der Waals surface area contributed by atoms with Crippen molar-refractivity contribution in [3.8, 4) is 6.07 Å². The number of hydrogen-bond acceptors (Lipinski definition) is 7. The third kappa shape index (κ3) is 5.49. The van der Waals surface area contributed by atoms with Gasteiger partial charge in [0.15, 0.2) is 5.78 Å². The predicted octanol–water partition coefficient (Wildman–Crippen LogP) is 4.65. The maximum absolute atomic E-state index is 12.4. The number of nitro groups is 1. The van der Waals surface area contributed by atoms with E-state index in [1.54, 1.807) is 6.92 Å². The molecule has 0 unspecified atom stereocenters. The molecule has 0 fully saturated rings. The van der Waals surface area contributed by atoms with Crippen LogP contribution in [0.25, 0.3) is 0 Å². The Kier molecular flexibility index (Phi) is 8.20. The zero-order valence-electron chi connectivity index (χ0n) is 16.7. The van der Waals surface area contributed by atoms with Gasteiger partial charge >= 0.3 is 0 Å². The molecule has 0 aliphatic carbocycles. The molecule has 1 aromatic carbocycles. The third-order valence-corrected chi connectivity index (χ3v) is 6.18. The minimum Gasteiger partial charge on any atom is -0.353 e. The number of carbonyl (C=O) groups is 2. The molecule has 2 rings (SSSR count). The summed E-state index contributed by atoms with van der Waals surface area (Å²) in [5.41, 5.74) is 2.09. The van der Waals surface area contributed by atoms with Crippen LogP contribution < -0.4 is 10.6 Å². The van der Waals surface area contributed by atoms with Crippen LogP contribution in [0.3, 0.4) is 0 Å². The van der Waals surface area contributed by atoms with Crippen LogP contribution in [0.4, 0.5) is 11.4 Å². The van der Waals surface area contributed by atoms with Gasteiger partial charge in [-0.1, -0.05) is 25.1 Å². The molecule has 1 aliphatic rings. The Labute approximate surface area is 187 Å². The number of ketones is 1. The van der Waals surface area contributed by atoms with Gasteiger partial charge in [-0.05, 0) is 42.3 Å². The van der Waals surface area contributed by atoms with Crippen LogP contribution in [-0.4, -0.2) is 22.4 Å². The van der Waals surface area contributed by atoms with E-state index in [2.05, 4.69) is 32.6 Å². The van der Waals surface area contributed by atoms with Gasteiger partial charge in [-0.2, -0.15) is 5.26 Å². The molecule has 0 spiro atoms. The van der Waals surface area contributed by atoms with Crippen molar-refractivity contribution in [1.82, 2.24) is 5.32 Å². The molecule has 0 bridgehead atoms. The monoisotopic (exact) mass is 492 g/mol. The lowest BCUT2D eigenvalue weighted by molar-refractivity contribution is -0.384. The minimum absolute atomic E-state index is 0.0263. The van der Waals surface area contributed by atoms with Gasteiger partial charge in [-0.25, -0.2) is 0 Å². The molecule has 8 nitrogen and oxygen atoms in total. The quantitative estimate of drug-likeness (QED) is 0.399. The van der Waals surface area contributed by atoms with Gasteiger partial charge in [-0.15, -0.1) is 0 Å². The highest BCUT2D eigenvalue weighted by Gasteiger charge is 2.31. The van der Waals surface area contributed by atoms with Crippen LogP contribution in [0, 0.1) is 27.4 Å². The summed E-state index contributed by atoms with van der Waals surface area (Å²) in [6.07, 6.45) is 1.48. The Hall–Kier alpha value is -2.64. The number of dihydropyridines is 1. The zero-order valence-corrected chi connectivity index (χ0v) is 19.1. The maximum atomic E-state index is 12.4. The van der Waals surface area contributed by atoms with Gasteiger partial charge in [0, 0.05) is 33.8 Å². The van der Waals surface area contributed by atoms with E-state index in [-0.39, 0.29) is 29.0 Å². The van der Waals surface area contributed by atoms with Gasteiger partial charge in [0.2, 0.25) is 5.91 Å². The first-order valence-corrected chi connectivity index (χ1v) is 11.0. The standard InChI is InChI=1S/C20H21BrN4O4S/c1-4-5-14-15(9-22)20(23-11(2)19(14)12(3)26)30-10-18(27)24-17-7-6-13(25(28)29)8-16(17)21/h6-8,14,23H,4-5,10H2,1-3H3,(H,24,27)/t14-/m1/s1. The molecule has 0 radical (unpaired) electrons. The van der Waals surface area contributed by atoms with Gasteiger partial charge in [-0.3, -0.25) is 19.7 Å². The number of Topliss-reactive ketones (excluding diaryl/α,β-unsaturated/α-hetero) is 1. The molecule has 0 saturated carbocycles. The Morgan fingerprint density at radius 1 is 1.43 bits per heavy atom. The number of carbonyl (C=O) groups excluding carboxylic acids is 2. The molecule has 1 amide bonds. The number of halogens is 1. The van der Waals surface area contributed by atoms with Crippen molar-refractivity contribution in [2.24, 2.45) is 5.92 Å². The number of rotatable bonds is 8. The minimum atomic E-state index is -0.519. The number of benzene rings is 1. The van der Waals surface area contributed by atoms with E-state index < -0.39 is 4.92 Å². The van der Waals surface area contributed by atoms with Crippen molar-refractivity contribution in [2.75, 3.05) is 11.1 Å². The van der Waals surface area contributed by atoms with Crippen molar-refractivity contribution in [2.45, 2.75) is 33.6 Å². The molecule has 1 atom stereocenters. The van der Waals surface area contributed by atoms with E-state index in [0.29, 0.717) is 38.5 Å². The fourth-order valence-electron chi connectivity index (χ4n) is 3.24. The van der Waals surface area contributed by atoms with E-state index in [1.807, 2.05) is 6.92 Å². The first-order valence-electron chi connectivity index (χ1n) is 9.19. The molecular weight excluding hydrogens is 472 g/mol. The summed E-state index contributed by atoms with van der Waals surface area (Å²) >= 11 is 4.40. The zero-order chi connectivity index (χ0) is 22.4. The first-order chi connectivity index (χ1) is 14.2. The molecule has 1 aromatic rings. The number of hydrogen-bond donors (Lipinski definition) is 2. The smallest absolute Gasteiger partial charge is 0.270 e. The van der Waals surface area contributed by atoms with E-state index in [1.165, 1.54) is 36.9 Å². The average Bonchev–Trinajstić information content (AvgIpc) is 2.67. The van der Waals surface area contributed by atoms with Gasteiger partial charge in [0.25, 0.3) is 5.69 Å². The summed E-state index contributed by atoms with van der Waals surface area (Å²) in [6.45, 7) is 5.28. The molecule has 10 heteroatoms. The highest BCUT2D eigenvalue weighted by Crippen LogP contribution is 2.37. The fraction of sp³-hybridized carbons (Fsp3) is 0.350. The van der Waals surface area contributed by atoms with Crippen molar-refractivity contribution < 1.29 is 14.5 Å². The van der Waals surface area contributed by atoms with Crippen LogP contribution in [0.15, 0.2) is 44.5 Å². The molecule has 1 aliphatic heterocycles. The van der Waals surface area contributed by atoms with Crippen LogP contribution in [0.1, 0.15) is 33.6 Å². The van der Waals surface area contributed by atoms with E-state index in [0.717, 1.165) is 6.42 Å². The second kappa shape index (κ2) is 10.4. The topological polar surface area (TPSA) is 125 Å². The highest BCUT2D eigenvalue weighted by molar-refractivity contribution is 9.10. The fourth-order valence-corrected chi connectivity index (χ4v) is 4.62. The van der Waals surface area contributed by atoms with Crippen LogP contribution >= 0.6 is 27.7 Å². The lowest BCUT2D eigenvalue weighted by Gasteiger charge is -2.28. The number of nitro benzene ring substituents is 1. The summed E-state index contributed by atoms with van der Waals surface area (Å²) in [6, 6.07) is 6.27. The average molecular weight is 493 g/mol. The maximum Gasteiger partial charge on any atom is 0.270 e. The van der Waals surface area contributed by atoms with E-state index >= 15 is 0 Å². The summed E-state index contributed by atoms with van der Waals surface area (Å²) in [4.78, 5) is 34.8. The van der Waals surface area contributed by atoms with Crippen molar-refractivity contribution in [3.05, 3.63) is 54.7 Å². The molecule has 30 heavy (non-hydrogen) atoms. The van der Waals surface area contributed by atoms with Crippen molar-refractivity contribution in [1.29, 1.82) is 5.26 Å². The normalized spacial score (nSPS) is 16.0. The summed E-state index contributed by atoms with van der Waals surface area (Å²) < 4.78 is 0.399. The van der Waals surface area contributed by atoms with Gasteiger partial charge in [0.1, 0.15) is 0 Å². The number of nitrogens with zero attached hydrogens (tertiary/aromatic N) is 2. The second-order valence-electron chi connectivity index (χ2n) is 6.67. The Bertz CT molecular complexity index is 997. The molecular formula is C20H21BrN4O4S. The Morgan fingerprint density at radius 3 is 2.67 bits per heavy atom. The van der Waals surface area contributed by atoms with Crippen molar-refractivity contribution >= 4 is 50.8 Å². The number of nitriles is 1. The molecule has 1 heterocycles. The number of nitrogens with one attached hydrogen (secondary N) is 2. The van der Waals surface area contributed by atoms with Crippen molar-refractivity contribution in [3.63, 3.8) is 0 Å². The van der Waals surface area contributed by atoms with Gasteiger partial charge in [0.05, 0.1) is 33.0 Å². The summed E-state index contributed by atoms with van der Waals surface area (Å²) in [5, 5.41) is 26.9. The Balaban J connectivity index is 2.14. The largest absolute Gasteiger partial charge is 0.353 e. The third-order valence-electron chi connectivity index (χ3n) is 4.51. The van der Waals surface area contributed by atoms with Crippen LogP contribution in [0.5, 0.6) is 0 Å². The SMILES string of the molecule is CCC[C@@H]1C(C#N)=C(SCC(=O)Nc2ccc([N+](=O)[O-])cc2Br)NC(C)=C1C(C)=O. The van der Waals surface area contributed by atoms with Crippen LogP contribution in [-0.2, 0) is 9.59 Å². The number of allylic oxidation sites excluding steroid dienone is 3. The van der Waals surface area contributed by atoms with E-state index in [4.69, 9.17) is 0 Å². The summed E-state index contributed by atoms with van der Waals surface area (Å²) in [7, 11) is 0. The second-order valence-corrected chi connectivity index (χ2v) is 8.51. The predicted molar refractivity (Wildman–Crippen MR) is 119 cm³/mol. The lowest BCUT2D eigenvalue weighted by atomic mass is 9.83. The number of non-ortho nitro benzene ring substituents is 1. The molecule has 158 valence electrons. The molecule has 0 saturated heterocycles. The highest BCUT2D eigenvalue weighted by atomic mass is 79.9. The number of thioether (sulfide) groups is 1. The first kappa shape index (κ1) is 23.6. The summed E-state index contributed by atoms with van der Waals surface area (Å²) in [5.74, 6) is -0.658. The van der Waals surface area contributed by atoms with Crippen LogP contribution in [0.2, 0.25) is 0 Å². The number of amides is 1. The van der Waals surface area contributed by atoms with Gasteiger partial charge < -0.3 is 10.6 Å². The molecule has 2 N–H and O–H groups in total. The number of anilines is 1.